The maximum atomic E-state index is 12.3. The van der Waals surface area contributed by atoms with E-state index in [1.165, 1.54) is 5.57 Å². The molecule has 5 heteroatoms. The fourth-order valence-corrected chi connectivity index (χ4v) is 3.48. The quantitative estimate of drug-likeness (QED) is 0.865. The maximum Gasteiger partial charge on any atom is 0.296 e. The van der Waals surface area contributed by atoms with Gasteiger partial charge in [-0.25, -0.2) is 4.99 Å². The highest BCUT2D eigenvalue weighted by Crippen LogP contribution is 2.38. The SMILES string of the molecule is O=C1NC2=CC(=NC(=O)c3ccccn3)C=CC2C2=C1CCCC2. The van der Waals surface area contributed by atoms with E-state index in [1.54, 1.807) is 30.5 Å². The van der Waals surface area contributed by atoms with Gasteiger partial charge in [-0.05, 0) is 55.5 Å². The second kappa shape index (κ2) is 6.00. The lowest BCUT2D eigenvalue weighted by Crippen LogP contribution is -2.37. The first-order valence-corrected chi connectivity index (χ1v) is 8.19. The van der Waals surface area contributed by atoms with Crippen LogP contribution in [0, 0.1) is 5.92 Å². The second-order valence-electron chi connectivity index (χ2n) is 6.16. The number of rotatable bonds is 1. The molecule has 1 aliphatic heterocycles. The van der Waals surface area contributed by atoms with Crippen molar-refractivity contribution >= 4 is 17.5 Å². The monoisotopic (exact) mass is 319 g/mol. The van der Waals surface area contributed by atoms with Crippen LogP contribution in [0.25, 0.3) is 0 Å². The van der Waals surface area contributed by atoms with Crippen LogP contribution in [-0.4, -0.2) is 22.5 Å². The van der Waals surface area contributed by atoms with E-state index >= 15 is 0 Å². The van der Waals surface area contributed by atoms with Gasteiger partial charge in [0.2, 0.25) is 0 Å². The van der Waals surface area contributed by atoms with Crippen molar-refractivity contribution in [3.05, 3.63) is 65.2 Å². The molecule has 2 heterocycles. The van der Waals surface area contributed by atoms with Gasteiger partial charge < -0.3 is 5.32 Å². The second-order valence-corrected chi connectivity index (χ2v) is 6.16. The molecule has 2 amide bonds. The van der Waals surface area contributed by atoms with E-state index in [-0.39, 0.29) is 17.7 Å². The minimum absolute atomic E-state index is 0.00194. The molecular weight excluding hydrogens is 302 g/mol. The first kappa shape index (κ1) is 14.8. The lowest BCUT2D eigenvalue weighted by Gasteiger charge is -2.33. The van der Waals surface area contributed by atoms with Gasteiger partial charge in [-0.1, -0.05) is 12.1 Å². The Morgan fingerprint density at radius 2 is 2.12 bits per heavy atom. The molecule has 120 valence electrons. The third-order valence-corrected chi connectivity index (χ3v) is 4.63. The average molecular weight is 319 g/mol. The van der Waals surface area contributed by atoms with E-state index in [9.17, 15) is 9.59 Å². The Hall–Kier alpha value is -2.82. The molecule has 3 aliphatic rings. The van der Waals surface area contributed by atoms with Crippen LogP contribution in [0.15, 0.2) is 64.5 Å². The average Bonchev–Trinajstić information content (AvgIpc) is 2.62. The molecule has 0 saturated carbocycles. The molecule has 0 bridgehead atoms. The number of allylic oxidation sites excluding steroid dienone is 3. The van der Waals surface area contributed by atoms with Gasteiger partial charge >= 0.3 is 0 Å². The summed E-state index contributed by atoms with van der Waals surface area (Å²) in [7, 11) is 0. The molecule has 0 fully saturated rings. The highest BCUT2D eigenvalue weighted by Gasteiger charge is 2.33. The summed E-state index contributed by atoms with van der Waals surface area (Å²) in [6.45, 7) is 0. The van der Waals surface area contributed by atoms with Crippen molar-refractivity contribution in [2.24, 2.45) is 10.9 Å². The van der Waals surface area contributed by atoms with E-state index in [1.807, 2.05) is 12.2 Å². The van der Waals surface area contributed by atoms with Crippen molar-refractivity contribution in [2.45, 2.75) is 25.7 Å². The Kier molecular flexibility index (Phi) is 3.69. The van der Waals surface area contributed by atoms with Crippen LogP contribution in [0.1, 0.15) is 36.2 Å². The van der Waals surface area contributed by atoms with E-state index in [0.717, 1.165) is 37.0 Å². The van der Waals surface area contributed by atoms with Crippen molar-refractivity contribution in [2.75, 3.05) is 0 Å². The standard InChI is InChI=1S/C19H17N3O2/c23-18-15-6-2-1-5-13(15)14-9-8-12(11-17(14)22-18)21-19(24)16-7-3-4-10-20-16/h3-4,7-11,14H,1-2,5-6H2,(H,22,23). The van der Waals surface area contributed by atoms with E-state index in [4.69, 9.17) is 0 Å². The molecule has 0 radical (unpaired) electrons. The molecule has 1 unspecified atom stereocenters. The zero-order valence-corrected chi connectivity index (χ0v) is 13.2. The summed E-state index contributed by atoms with van der Waals surface area (Å²) in [6.07, 6.45) is 11.3. The van der Waals surface area contributed by atoms with Gasteiger partial charge in [-0.15, -0.1) is 0 Å². The zero-order chi connectivity index (χ0) is 16.5. The number of aromatic nitrogens is 1. The van der Waals surface area contributed by atoms with Gasteiger partial charge in [0.15, 0.2) is 0 Å². The Morgan fingerprint density at radius 3 is 2.96 bits per heavy atom. The van der Waals surface area contributed by atoms with Crippen LogP contribution < -0.4 is 5.32 Å². The minimum Gasteiger partial charge on any atom is -0.325 e. The van der Waals surface area contributed by atoms with E-state index in [0.29, 0.717) is 11.4 Å². The van der Waals surface area contributed by atoms with Crippen molar-refractivity contribution in [3.8, 4) is 0 Å². The van der Waals surface area contributed by atoms with E-state index < -0.39 is 0 Å². The number of amides is 2. The Morgan fingerprint density at radius 1 is 1.25 bits per heavy atom. The van der Waals surface area contributed by atoms with E-state index in [2.05, 4.69) is 15.3 Å². The Balaban J connectivity index is 1.63. The first-order valence-electron chi connectivity index (χ1n) is 8.19. The number of aliphatic imine (C=N–C) groups is 1. The summed E-state index contributed by atoms with van der Waals surface area (Å²) in [5.41, 5.74) is 3.83. The van der Waals surface area contributed by atoms with Gasteiger partial charge in [0.1, 0.15) is 5.69 Å². The Bertz CT molecular complexity index is 831. The molecule has 0 saturated heterocycles. The number of nitrogens with zero attached hydrogens (tertiary/aromatic N) is 2. The maximum absolute atomic E-state index is 12.3. The number of hydrogen-bond donors (Lipinski definition) is 1. The van der Waals surface area contributed by atoms with Crippen LogP contribution >= 0.6 is 0 Å². The summed E-state index contributed by atoms with van der Waals surface area (Å²) in [6, 6.07) is 5.14. The first-order chi connectivity index (χ1) is 11.7. The molecule has 2 aliphatic carbocycles. The Labute approximate surface area is 139 Å². The number of pyridine rings is 1. The molecular formula is C19H17N3O2. The number of nitrogens with one attached hydrogen (secondary N) is 1. The molecule has 1 N–H and O–H groups in total. The number of carbonyl (C=O) groups is 2. The highest BCUT2D eigenvalue weighted by atomic mass is 16.2. The van der Waals surface area contributed by atoms with Crippen LogP contribution in [0.3, 0.4) is 0 Å². The van der Waals surface area contributed by atoms with Gasteiger partial charge in [0, 0.05) is 23.4 Å². The lowest BCUT2D eigenvalue weighted by atomic mass is 9.77. The van der Waals surface area contributed by atoms with Crippen LogP contribution in [0.4, 0.5) is 0 Å². The molecule has 5 nitrogen and oxygen atoms in total. The summed E-state index contributed by atoms with van der Waals surface area (Å²) >= 11 is 0. The predicted molar refractivity (Wildman–Crippen MR) is 90.4 cm³/mol. The normalized spacial score (nSPS) is 24.2. The molecule has 0 spiro atoms. The summed E-state index contributed by atoms with van der Waals surface area (Å²) in [5, 5.41) is 2.97. The topological polar surface area (TPSA) is 71.4 Å². The zero-order valence-electron chi connectivity index (χ0n) is 13.2. The van der Waals surface area contributed by atoms with Crippen LogP contribution in [0.2, 0.25) is 0 Å². The molecule has 1 aromatic heterocycles. The lowest BCUT2D eigenvalue weighted by molar-refractivity contribution is -0.117. The molecule has 1 atom stereocenters. The third kappa shape index (κ3) is 2.62. The number of carbonyl (C=O) groups excluding carboxylic acids is 2. The summed E-state index contributed by atoms with van der Waals surface area (Å²) in [5.74, 6) is -0.273. The fourth-order valence-electron chi connectivity index (χ4n) is 3.48. The fraction of sp³-hybridized carbons (Fsp3) is 0.263. The molecule has 4 rings (SSSR count). The third-order valence-electron chi connectivity index (χ3n) is 4.63. The van der Waals surface area contributed by atoms with Crippen LogP contribution in [-0.2, 0) is 4.79 Å². The van der Waals surface area contributed by atoms with Crippen LogP contribution in [0.5, 0.6) is 0 Å². The van der Waals surface area contributed by atoms with Crippen molar-refractivity contribution < 1.29 is 9.59 Å². The van der Waals surface area contributed by atoms with Crippen molar-refractivity contribution in [3.63, 3.8) is 0 Å². The molecule has 1 aromatic rings. The van der Waals surface area contributed by atoms with Gasteiger partial charge in [-0.3, -0.25) is 14.6 Å². The van der Waals surface area contributed by atoms with Gasteiger partial charge in [0.05, 0.1) is 5.71 Å². The highest BCUT2D eigenvalue weighted by molar-refractivity contribution is 6.14. The van der Waals surface area contributed by atoms with Gasteiger partial charge in [-0.2, -0.15) is 0 Å². The van der Waals surface area contributed by atoms with Crippen molar-refractivity contribution in [1.82, 2.24) is 10.3 Å². The summed E-state index contributed by atoms with van der Waals surface area (Å²) < 4.78 is 0. The predicted octanol–water partition coefficient (Wildman–Crippen LogP) is 2.73. The van der Waals surface area contributed by atoms with Gasteiger partial charge in [0.25, 0.3) is 11.8 Å². The number of fused-ring (bicyclic) bond motifs is 2. The largest absolute Gasteiger partial charge is 0.325 e. The van der Waals surface area contributed by atoms with Crippen molar-refractivity contribution in [1.29, 1.82) is 0 Å². The summed E-state index contributed by atoms with van der Waals surface area (Å²) in [4.78, 5) is 32.6. The minimum atomic E-state index is -0.384. The molecule has 24 heavy (non-hydrogen) atoms. The molecule has 0 aromatic carbocycles. The smallest absolute Gasteiger partial charge is 0.296 e. The number of hydrogen-bond acceptors (Lipinski definition) is 3.